The summed E-state index contributed by atoms with van der Waals surface area (Å²) in [5.74, 6) is -0.198. The predicted octanol–water partition coefficient (Wildman–Crippen LogP) is 4.39. The van der Waals surface area contributed by atoms with Crippen LogP contribution >= 0.6 is 0 Å². The van der Waals surface area contributed by atoms with Crippen molar-refractivity contribution in [3.05, 3.63) is 53.6 Å². The van der Waals surface area contributed by atoms with Crippen molar-refractivity contribution in [2.75, 3.05) is 21.2 Å². The molecule has 30 heavy (non-hydrogen) atoms. The number of rotatable bonds is 5. The second-order valence-electron chi connectivity index (χ2n) is 8.47. The lowest BCUT2D eigenvalue weighted by Crippen LogP contribution is -2.34. The normalized spacial score (nSPS) is 19.4. The van der Waals surface area contributed by atoms with Gasteiger partial charge in [-0.25, -0.2) is 8.42 Å². The van der Waals surface area contributed by atoms with Crippen LogP contribution in [0.3, 0.4) is 0 Å². The summed E-state index contributed by atoms with van der Waals surface area (Å²) >= 11 is 0. The smallest absolute Gasteiger partial charge is 0.255 e. The maximum absolute atomic E-state index is 12.7. The van der Waals surface area contributed by atoms with Crippen molar-refractivity contribution in [3.8, 4) is 0 Å². The third-order valence-corrected chi connectivity index (χ3v) is 7.24. The summed E-state index contributed by atoms with van der Waals surface area (Å²) in [6.07, 6.45) is 8.15. The van der Waals surface area contributed by atoms with Gasteiger partial charge >= 0.3 is 0 Å². The van der Waals surface area contributed by atoms with Gasteiger partial charge in [0, 0.05) is 29.0 Å². The van der Waals surface area contributed by atoms with Gasteiger partial charge < -0.3 is 10.6 Å². The highest BCUT2D eigenvalue weighted by Gasteiger charge is 2.32. The van der Waals surface area contributed by atoms with E-state index in [4.69, 9.17) is 0 Å². The number of nitrogens with one attached hydrogen (secondary N) is 2. The van der Waals surface area contributed by atoms with Gasteiger partial charge in [0.1, 0.15) is 0 Å². The van der Waals surface area contributed by atoms with E-state index < -0.39 is 10.0 Å². The van der Waals surface area contributed by atoms with Crippen LogP contribution in [0.15, 0.2) is 42.5 Å². The van der Waals surface area contributed by atoms with E-state index in [0.29, 0.717) is 23.7 Å². The molecule has 0 bridgehead atoms. The molecular formula is C23H29N3O3S. The van der Waals surface area contributed by atoms with E-state index >= 15 is 0 Å². The van der Waals surface area contributed by atoms with Gasteiger partial charge in [-0.15, -0.1) is 0 Å². The van der Waals surface area contributed by atoms with Crippen molar-refractivity contribution in [1.29, 1.82) is 0 Å². The van der Waals surface area contributed by atoms with Crippen molar-refractivity contribution in [2.45, 2.75) is 57.5 Å². The van der Waals surface area contributed by atoms with E-state index in [-0.39, 0.29) is 11.9 Å². The van der Waals surface area contributed by atoms with E-state index in [1.165, 1.54) is 42.7 Å². The number of nitrogens with zero attached hydrogens (tertiary/aromatic N) is 1. The number of fused-ring (bicyclic) bond motifs is 1. The molecule has 2 N–H and O–H groups in total. The maximum atomic E-state index is 12.7. The summed E-state index contributed by atoms with van der Waals surface area (Å²) in [4.78, 5) is 12.7. The van der Waals surface area contributed by atoms with Gasteiger partial charge in [0.05, 0.1) is 11.9 Å². The number of sulfonamides is 1. The Morgan fingerprint density at radius 2 is 1.67 bits per heavy atom. The maximum Gasteiger partial charge on any atom is 0.255 e. The van der Waals surface area contributed by atoms with Gasteiger partial charge in [-0.3, -0.25) is 9.10 Å². The SMILES string of the molecule is C[C@@H]1Cc2cc(C(=O)Nc3ccc(NC4CCCCC4)cc3)ccc2N1S(C)(=O)=O. The van der Waals surface area contributed by atoms with Gasteiger partial charge in [-0.1, -0.05) is 19.3 Å². The Hall–Kier alpha value is -2.54. The standard InChI is InChI=1S/C23H29N3O3S/c1-16-14-18-15-17(8-13-22(18)26(16)30(2,28)29)23(27)25-21-11-9-20(10-12-21)24-19-6-4-3-5-7-19/h8-13,15-16,19,24H,3-7,14H2,1-2H3,(H,25,27)/t16-/m1/s1. The minimum atomic E-state index is -3.33. The molecule has 6 nitrogen and oxygen atoms in total. The Kier molecular flexibility index (Phi) is 5.73. The summed E-state index contributed by atoms with van der Waals surface area (Å²) in [5.41, 5.74) is 3.89. The van der Waals surface area contributed by atoms with Crippen LogP contribution in [-0.2, 0) is 16.4 Å². The third kappa shape index (κ3) is 4.46. The monoisotopic (exact) mass is 427 g/mol. The van der Waals surface area contributed by atoms with Crippen LogP contribution in [0.4, 0.5) is 17.1 Å². The Morgan fingerprint density at radius 3 is 2.33 bits per heavy atom. The van der Waals surface area contributed by atoms with Crippen LogP contribution in [0.25, 0.3) is 0 Å². The topological polar surface area (TPSA) is 78.5 Å². The van der Waals surface area contributed by atoms with E-state index in [1.54, 1.807) is 18.2 Å². The predicted molar refractivity (Wildman–Crippen MR) is 122 cm³/mol. The minimum Gasteiger partial charge on any atom is -0.382 e. The fraction of sp³-hybridized carbons (Fsp3) is 0.435. The lowest BCUT2D eigenvalue weighted by atomic mass is 9.95. The second-order valence-corrected chi connectivity index (χ2v) is 10.3. The number of hydrogen-bond donors (Lipinski definition) is 2. The summed E-state index contributed by atoms with van der Waals surface area (Å²) in [5, 5.41) is 6.51. The Labute approximate surface area is 178 Å². The van der Waals surface area contributed by atoms with Crippen LogP contribution in [0.1, 0.15) is 54.9 Å². The van der Waals surface area contributed by atoms with Gasteiger partial charge in [-0.05, 0) is 74.2 Å². The molecule has 0 unspecified atom stereocenters. The minimum absolute atomic E-state index is 0.141. The molecule has 0 saturated heterocycles. The first-order chi connectivity index (χ1) is 14.3. The number of carbonyl (C=O) groups excluding carboxylic acids is 1. The summed E-state index contributed by atoms with van der Waals surface area (Å²) < 4.78 is 25.6. The Balaban J connectivity index is 1.42. The highest BCUT2D eigenvalue weighted by Crippen LogP contribution is 2.34. The quantitative estimate of drug-likeness (QED) is 0.742. The molecule has 2 aromatic carbocycles. The fourth-order valence-corrected chi connectivity index (χ4v) is 5.85. The molecule has 7 heteroatoms. The molecule has 1 saturated carbocycles. The molecule has 1 aliphatic carbocycles. The van der Waals surface area contributed by atoms with E-state index in [0.717, 1.165) is 16.9 Å². The van der Waals surface area contributed by atoms with E-state index in [1.807, 2.05) is 31.2 Å². The molecule has 0 aromatic heterocycles. The molecule has 2 aliphatic rings. The Bertz CT molecular complexity index is 1030. The first kappa shape index (κ1) is 20.7. The molecule has 1 heterocycles. The average molecular weight is 428 g/mol. The molecule has 2 aromatic rings. The van der Waals surface area contributed by atoms with Crippen molar-refractivity contribution in [2.24, 2.45) is 0 Å². The zero-order valence-electron chi connectivity index (χ0n) is 17.5. The highest BCUT2D eigenvalue weighted by atomic mass is 32.2. The molecule has 160 valence electrons. The van der Waals surface area contributed by atoms with Crippen molar-refractivity contribution < 1.29 is 13.2 Å². The molecular weight excluding hydrogens is 398 g/mol. The number of benzene rings is 2. The molecule has 1 atom stereocenters. The summed E-state index contributed by atoms with van der Waals surface area (Å²) in [6, 6.07) is 13.4. The molecule has 1 amide bonds. The number of carbonyl (C=O) groups is 1. The molecule has 1 fully saturated rings. The van der Waals surface area contributed by atoms with Crippen LogP contribution in [-0.4, -0.2) is 32.7 Å². The number of amides is 1. The Morgan fingerprint density at radius 1 is 1.00 bits per heavy atom. The second kappa shape index (κ2) is 8.30. The van der Waals surface area contributed by atoms with Crippen molar-refractivity contribution >= 4 is 33.0 Å². The van der Waals surface area contributed by atoms with Gasteiger partial charge in [0.25, 0.3) is 5.91 Å². The average Bonchev–Trinajstić information content (AvgIpc) is 3.05. The van der Waals surface area contributed by atoms with Crippen LogP contribution in [0, 0.1) is 0 Å². The molecule has 0 spiro atoms. The van der Waals surface area contributed by atoms with Crippen LogP contribution in [0.2, 0.25) is 0 Å². The summed E-state index contributed by atoms with van der Waals surface area (Å²) in [7, 11) is -3.33. The largest absolute Gasteiger partial charge is 0.382 e. The zero-order valence-corrected chi connectivity index (χ0v) is 18.3. The molecule has 0 radical (unpaired) electrons. The fourth-order valence-electron chi connectivity index (χ4n) is 4.59. The highest BCUT2D eigenvalue weighted by molar-refractivity contribution is 7.92. The first-order valence-corrected chi connectivity index (χ1v) is 12.5. The van der Waals surface area contributed by atoms with Gasteiger partial charge in [-0.2, -0.15) is 0 Å². The molecule has 1 aliphatic heterocycles. The number of anilines is 3. The summed E-state index contributed by atoms with van der Waals surface area (Å²) in [6.45, 7) is 1.88. The van der Waals surface area contributed by atoms with Crippen LogP contribution < -0.4 is 14.9 Å². The van der Waals surface area contributed by atoms with E-state index in [2.05, 4.69) is 10.6 Å². The zero-order chi connectivity index (χ0) is 21.3. The van der Waals surface area contributed by atoms with Crippen molar-refractivity contribution in [1.82, 2.24) is 0 Å². The van der Waals surface area contributed by atoms with Gasteiger partial charge in [0.15, 0.2) is 0 Å². The third-order valence-electron chi connectivity index (χ3n) is 5.97. The lowest BCUT2D eigenvalue weighted by molar-refractivity contribution is 0.102. The number of hydrogen-bond acceptors (Lipinski definition) is 4. The van der Waals surface area contributed by atoms with Crippen molar-refractivity contribution in [3.63, 3.8) is 0 Å². The first-order valence-electron chi connectivity index (χ1n) is 10.6. The molecule has 4 rings (SSSR count). The lowest BCUT2D eigenvalue weighted by Gasteiger charge is -2.24. The van der Waals surface area contributed by atoms with Gasteiger partial charge in [0.2, 0.25) is 10.0 Å². The van der Waals surface area contributed by atoms with Crippen LogP contribution in [0.5, 0.6) is 0 Å². The van der Waals surface area contributed by atoms with E-state index in [9.17, 15) is 13.2 Å².